The van der Waals surface area contributed by atoms with Gasteiger partial charge in [-0.3, -0.25) is 0 Å². The molecule has 1 fully saturated rings. The van der Waals surface area contributed by atoms with Crippen molar-refractivity contribution in [2.24, 2.45) is 5.92 Å². The zero-order valence-corrected chi connectivity index (χ0v) is 11.2. The van der Waals surface area contributed by atoms with Gasteiger partial charge in [-0.25, -0.2) is 0 Å². The summed E-state index contributed by atoms with van der Waals surface area (Å²) in [5, 5.41) is 10.1. The molecule has 1 aliphatic rings. The molecule has 1 unspecified atom stereocenters. The Kier molecular flexibility index (Phi) is 3.58. The van der Waals surface area contributed by atoms with E-state index in [1.165, 1.54) is 18.4 Å². The van der Waals surface area contributed by atoms with E-state index >= 15 is 0 Å². The number of aliphatic hydroxyl groups is 1. The van der Waals surface area contributed by atoms with E-state index in [9.17, 15) is 5.11 Å². The van der Waals surface area contributed by atoms with E-state index in [0.29, 0.717) is 0 Å². The van der Waals surface area contributed by atoms with Gasteiger partial charge in [-0.1, -0.05) is 57.9 Å². The molecule has 0 aromatic heterocycles. The van der Waals surface area contributed by atoms with Crippen molar-refractivity contribution in [2.45, 2.75) is 58.0 Å². The van der Waals surface area contributed by atoms with Gasteiger partial charge in [-0.05, 0) is 35.3 Å². The first kappa shape index (κ1) is 12.6. The topological polar surface area (TPSA) is 20.2 Å². The van der Waals surface area contributed by atoms with E-state index in [1.54, 1.807) is 0 Å². The van der Waals surface area contributed by atoms with Crippen LogP contribution in [0.25, 0.3) is 0 Å². The molecule has 1 aromatic carbocycles. The van der Waals surface area contributed by atoms with Gasteiger partial charge in [0.25, 0.3) is 0 Å². The predicted molar refractivity (Wildman–Crippen MR) is 72.1 cm³/mol. The lowest BCUT2D eigenvalue weighted by molar-refractivity contribution is 0.160. The molecule has 0 amide bonds. The first-order valence-electron chi connectivity index (χ1n) is 6.81. The van der Waals surface area contributed by atoms with Crippen LogP contribution in [-0.4, -0.2) is 5.11 Å². The van der Waals surface area contributed by atoms with Crippen LogP contribution in [-0.2, 0) is 5.41 Å². The van der Waals surface area contributed by atoms with Gasteiger partial charge in [0, 0.05) is 0 Å². The smallest absolute Gasteiger partial charge is 0.0792 e. The summed E-state index contributed by atoms with van der Waals surface area (Å²) in [6, 6.07) is 8.55. The maximum atomic E-state index is 10.1. The van der Waals surface area contributed by atoms with Crippen LogP contribution in [0.1, 0.15) is 63.7 Å². The van der Waals surface area contributed by atoms with Crippen molar-refractivity contribution in [1.82, 2.24) is 0 Å². The lowest BCUT2D eigenvalue weighted by Gasteiger charge is -2.24. The van der Waals surface area contributed by atoms with Crippen LogP contribution in [0.15, 0.2) is 24.3 Å². The maximum absolute atomic E-state index is 10.1. The second kappa shape index (κ2) is 4.81. The van der Waals surface area contributed by atoms with Crippen molar-refractivity contribution < 1.29 is 5.11 Å². The molecule has 1 atom stereocenters. The third-order valence-corrected chi connectivity index (χ3v) is 4.21. The molecule has 0 heterocycles. The molecule has 0 radical (unpaired) electrons. The molecule has 1 heteroatoms. The molecule has 0 bridgehead atoms. The fraction of sp³-hybridized carbons (Fsp3) is 0.625. The van der Waals surface area contributed by atoms with Crippen LogP contribution in [0, 0.1) is 5.92 Å². The number of hydrogen-bond donors (Lipinski definition) is 1. The van der Waals surface area contributed by atoms with Crippen molar-refractivity contribution in [3.63, 3.8) is 0 Å². The lowest BCUT2D eigenvalue weighted by Crippen LogP contribution is -2.15. The van der Waals surface area contributed by atoms with Crippen LogP contribution in [0.2, 0.25) is 0 Å². The second-order valence-corrected chi connectivity index (χ2v) is 6.05. The molecule has 17 heavy (non-hydrogen) atoms. The quantitative estimate of drug-likeness (QED) is 0.806. The molecule has 1 nitrogen and oxygen atoms in total. The second-order valence-electron chi connectivity index (χ2n) is 6.05. The summed E-state index contributed by atoms with van der Waals surface area (Å²) in [5.74, 6) is 0.775. The summed E-state index contributed by atoms with van der Waals surface area (Å²) in [4.78, 5) is 0. The Morgan fingerprint density at radius 3 is 2.29 bits per heavy atom. The fourth-order valence-electron chi connectivity index (χ4n) is 2.17. The van der Waals surface area contributed by atoms with E-state index < -0.39 is 0 Å². The largest absolute Gasteiger partial charge is 0.388 e. The Hall–Kier alpha value is -0.820. The summed E-state index contributed by atoms with van der Waals surface area (Å²) in [7, 11) is 0. The summed E-state index contributed by atoms with van der Waals surface area (Å²) in [5.41, 5.74) is 2.68. The molecule has 1 aromatic rings. The summed E-state index contributed by atoms with van der Waals surface area (Å²) in [6.45, 7) is 6.75. The minimum absolute atomic E-state index is 0.236. The Labute approximate surface area is 105 Å². The SMILES string of the molecule is CCC(C)(C)c1ccc(C(O)CC2CC2)cc1. The zero-order chi connectivity index (χ0) is 12.5. The van der Waals surface area contributed by atoms with Crippen molar-refractivity contribution >= 4 is 0 Å². The van der Waals surface area contributed by atoms with E-state index in [0.717, 1.165) is 24.3 Å². The summed E-state index contributed by atoms with van der Waals surface area (Å²) >= 11 is 0. The van der Waals surface area contributed by atoms with Gasteiger partial charge in [0.15, 0.2) is 0 Å². The Balaban J connectivity index is 2.06. The van der Waals surface area contributed by atoms with Crippen molar-refractivity contribution in [3.05, 3.63) is 35.4 Å². The molecular formula is C16H24O. The van der Waals surface area contributed by atoms with Gasteiger partial charge >= 0.3 is 0 Å². The zero-order valence-electron chi connectivity index (χ0n) is 11.2. The van der Waals surface area contributed by atoms with Gasteiger partial charge in [0.05, 0.1) is 6.10 Å². The molecule has 0 saturated heterocycles. The van der Waals surface area contributed by atoms with Crippen molar-refractivity contribution in [3.8, 4) is 0 Å². The third-order valence-electron chi connectivity index (χ3n) is 4.21. The normalized spacial score (nSPS) is 18.1. The number of rotatable bonds is 5. The van der Waals surface area contributed by atoms with Gasteiger partial charge in [-0.15, -0.1) is 0 Å². The van der Waals surface area contributed by atoms with Crippen LogP contribution >= 0.6 is 0 Å². The van der Waals surface area contributed by atoms with Crippen molar-refractivity contribution in [1.29, 1.82) is 0 Å². The molecule has 1 aliphatic carbocycles. The molecular weight excluding hydrogens is 208 g/mol. The lowest BCUT2D eigenvalue weighted by atomic mass is 9.82. The standard InChI is InChI=1S/C16H24O/c1-4-16(2,3)14-9-7-13(8-10-14)15(17)11-12-5-6-12/h7-10,12,15,17H,4-6,11H2,1-3H3. The molecule has 0 aliphatic heterocycles. The highest BCUT2D eigenvalue weighted by Crippen LogP contribution is 2.38. The first-order chi connectivity index (χ1) is 8.03. The van der Waals surface area contributed by atoms with Crippen molar-refractivity contribution in [2.75, 3.05) is 0 Å². The highest BCUT2D eigenvalue weighted by atomic mass is 16.3. The number of aliphatic hydroxyl groups excluding tert-OH is 1. The van der Waals surface area contributed by atoms with Gasteiger partial charge < -0.3 is 5.11 Å². The van der Waals surface area contributed by atoms with Crippen LogP contribution < -0.4 is 0 Å². The van der Waals surface area contributed by atoms with E-state index in [4.69, 9.17) is 0 Å². The summed E-state index contributed by atoms with van der Waals surface area (Å²) in [6.07, 6.45) is 4.42. The minimum atomic E-state index is -0.263. The highest BCUT2D eigenvalue weighted by Gasteiger charge is 2.25. The summed E-state index contributed by atoms with van der Waals surface area (Å²) < 4.78 is 0. The monoisotopic (exact) mass is 232 g/mol. The number of benzene rings is 1. The average Bonchev–Trinajstić information content (AvgIpc) is 3.13. The maximum Gasteiger partial charge on any atom is 0.0792 e. The molecule has 1 saturated carbocycles. The van der Waals surface area contributed by atoms with E-state index in [-0.39, 0.29) is 11.5 Å². The van der Waals surface area contributed by atoms with Gasteiger partial charge in [0.1, 0.15) is 0 Å². The van der Waals surface area contributed by atoms with Gasteiger partial charge in [0.2, 0.25) is 0 Å². The molecule has 0 spiro atoms. The van der Waals surface area contributed by atoms with Crippen LogP contribution in [0.5, 0.6) is 0 Å². The Morgan fingerprint density at radius 2 is 1.82 bits per heavy atom. The average molecular weight is 232 g/mol. The fourth-order valence-corrected chi connectivity index (χ4v) is 2.17. The van der Waals surface area contributed by atoms with Crippen LogP contribution in [0.3, 0.4) is 0 Å². The third kappa shape index (κ3) is 3.10. The Bertz CT molecular complexity index is 360. The minimum Gasteiger partial charge on any atom is -0.388 e. The number of hydrogen-bond acceptors (Lipinski definition) is 1. The molecule has 2 rings (SSSR count). The molecule has 1 N–H and O–H groups in total. The van der Waals surface area contributed by atoms with Crippen LogP contribution in [0.4, 0.5) is 0 Å². The van der Waals surface area contributed by atoms with E-state index in [2.05, 4.69) is 45.0 Å². The van der Waals surface area contributed by atoms with Gasteiger partial charge in [-0.2, -0.15) is 0 Å². The first-order valence-corrected chi connectivity index (χ1v) is 6.81. The molecule has 94 valence electrons. The predicted octanol–water partition coefficient (Wildman–Crippen LogP) is 4.21. The Morgan fingerprint density at radius 1 is 1.24 bits per heavy atom. The highest BCUT2D eigenvalue weighted by molar-refractivity contribution is 5.29. The van der Waals surface area contributed by atoms with E-state index in [1.807, 2.05) is 0 Å².